The molecule has 0 aliphatic carbocycles. The van der Waals surface area contributed by atoms with Crippen molar-refractivity contribution in [1.29, 1.82) is 0 Å². The van der Waals surface area contributed by atoms with Crippen LogP contribution in [0, 0.1) is 0 Å². The van der Waals surface area contributed by atoms with Gasteiger partial charge >= 0.3 is 11.9 Å². The number of carbonyl (C=O) groups excluding carboxylic acids is 4. The lowest BCUT2D eigenvalue weighted by molar-refractivity contribution is -0.122. The predicted octanol–water partition coefficient (Wildman–Crippen LogP) is 4.93. The molecule has 0 spiro atoms. The molecule has 4 rings (SSSR count). The Hall–Kier alpha value is -6.70. The fraction of sp³-hybridized carbons (Fsp3) is 0.189. The van der Waals surface area contributed by atoms with Crippen LogP contribution in [-0.4, -0.2) is 64.6 Å². The number of amides is 2. The third-order valence-corrected chi connectivity index (χ3v) is 7.05. The molecule has 2 amide bonds. The molecule has 0 aliphatic rings. The quantitative estimate of drug-likeness (QED) is 0.0708. The van der Waals surface area contributed by atoms with E-state index in [-0.39, 0.29) is 42.6 Å². The summed E-state index contributed by atoms with van der Waals surface area (Å²) in [4.78, 5) is 49.5. The van der Waals surface area contributed by atoms with Crippen LogP contribution in [0.1, 0.15) is 51.1 Å². The third-order valence-electron chi connectivity index (χ3n) is 7.05. The van der Waals surface area contributed by atoms with Crippen molar-refractivity contribution in [2.24, 2.45) is 10.2 Å². The molecule has 0 unspecified atom stereocenters. The molecular weight excluding hydrogens is 660 g/mol. The van der Waals surface area contributed by atoms with E-state index in [2.05, 4.69) is 21.1 Å². The SMILES string of the molecule is COc1ccc(C(=O)Oc2ccc(C=NNC(=O)CCCC(=O)NN=Cc3ccc(OC(=O)c4ccc(OC)cc4)c(OC)c3)cc2OC)cc1. The number of hydrogen-bond acceptors (Lipinski definition) is 12. The van der Waals surface area contributed by atoms with Crippen LogP contribution in [0.2, 0.25) is 0 Å². The van der Waals surface area contributed by atoms with Gasteiger partial charge in [-0.05, 0) is 102 Å². The smallest absolute Gasteiger partial charge is 0.343 e. The van der Waals surface area contributed by atoms with Gasteiger partial charge in [0.2, 0.25) is 11.8 Å². The Bertz CT molecular complexity index is 1750. The van der Waals surface area contributed by atoms with Gasteiger partial charge in [0.05, 0.1) is 52.0 Å². The first kappa shape index (κ1) is 37.1. The van der Waals surface area contributed by atoms with Gasteiger partial charge in [0.1, 0.15) is 11.5 Å². The van der Waals surface area contributed by atoms with Crippen molar-refractivity contribution in [3.8, 4) is 34.5 Å². The second kappa shape index (κ2) is 18.7. The molecule has 14 heteroatoms. The number of methoxy groups -OCH3 is 4. The van der Waals surface area contributed by atoms with E-state index in [1.54, 1.807) is 84.9 Å². The normalized spacial score (nSPS) is 10.7. The van der Waals surface area contributed by atoms with Gasteiger partial charge < -0.3 is 28.4 Å². The summed E-state index contributed by atoms with van der Waals surface area (Å²) in [6.45, 7) is 0. The molecule has 14 nitrogen and oxygen atoms in total. The maximum Gasteiger partial charge on any atom is 0.343 e. The summed E-state index contributed by atoms with van der Waals surface area (Å²) >= 11 is 0. The molecule has 0 fully saturated rings. The van der Waals surface area contributed by atoms with Crippen molar-refractivity contribution in [3.63, 3.8) is 0 Å². The van der Waals surface area contributed by atoms with Crippen molar-refractivity contribution in [3.05, 3.63) is 107 Å². The molecule has 0 aliphatic heterocycles. The minimum absolute atomic E-state index is 0.0476. The number of carbonyl (C=O) groups is 4. The minimum Gasteiger partial charge on any atom is -0.497 e. The van der Waals surface area contributed by atoms with E-state index >= 15 is 0 Å². The van der Waals surface area contributed by atoms with Crippen molar-refractivity contribution >= 4 is 36.2 Å². The Morgan fingerprint density at radius 1 is 0.529 bits per heavy atom. The monoisotopic (exact) mass is 696 g/mol. The second-order valence-electron chi connectivity index (χ2n) is 10.5. The number of nitrogens with zero attached hydrogens (tertiary/aromatic N) is 2. The molecule has 51 heavy (non-hydrogen) atoms. The lowest BCUT2D eigenvalue weighted by atomic mass is 10.2. The van der Waals surface area contributed by atoms with Crippen molar-refractivity contribution in [2.75, 3.05) is 28.4 Å². The van der Waals surface area contributed by atoms with E-state index in [0.717, 1.165) is 0 Å². The van der Waals surface area contributed by atoms with E-state index in [1.807, 2.05) is 0 Å². The molecule has 264 valence electrons. The summed E-state index contributed by atoms with van der Waals surface area (Å²) in [5.41, 5.74) is 6.66. The van der Waals surface area contributed by atoms with Crippen LogP contribution in [0.5, 0.6) is 34.5 Å². The number of nitrogens with one attached hydrogen (secondary N) is 2. The average molecular weight is 697 g/mol. The first-order valence-electron chi connectivity index (χ1n) is 15.4. The molecule has 4 aromatic rings. The van der Waals surface area contributed by atoms with Gasteiger partial charge in [-0.1, -0.05) is 0 Å². The van der Waals surface area contributed by atoms with Gasteiger partial charge in [0.15, 0.2) is 23.0 Å². The second-order valence-corrected chi connectivity index (χ2v) is 10.5. The fourth-order valence-electron chi connectivity index (χ4n) is 4.35. The van der Waals surface area contributed by atoms with Crippen LogP contribution >= 0.6 is 0 Å². The Morgan fingerprint density at radius 3 is 1.27 bits per heavy atom. The predicted molar refractivity (Wildman–Crippen MR) is 187 cm³/mol. The van der Waals surface area contributed by atoms with Crippen LogP contribution in [0.25, 0.3) is 0 Å². The number of hydrogen-bond donors (Lipinski definition) is 2. The highest BCUT2D eigenvalue weighted by Gasteiger charge is 2.15. The molecule has 0 heterocycles. The highest BCUT2D eigenvalue weighted by atomic mass is 16.6. The van der Waals surface area contributed by atoms with Gasteiger partial charge in [0.25, 0.3) is 0 Å². The topological polar surface area (TPSA) is 172 Å². The summed E-state index contributed by atoms with van der Waals surface area (Å²) < 4.78 is 31.8. The lowest BCUT2D eigenvalue weighted by Crippen LogP contribution is -2.20. The summed E-state index contributed by atoms with van der Waals surface area (Å²) in [6, 6.07) is 22.6. The maximum absolute atomic E-state index is 12.5. The zero-order chi connectivity index (χ0) is 36.6. The molecule has 0 saturated carbocycles. The Morgan fingerprint density at radius 2 is 0.922 bits per heavy atom. The highest BCUT2D eigenvalue weighted by Crippen LogP contribution is 2.30. The number of esters is 2. The number of hydrazone groups is 2. The zero-order valence-corrected chi connectivity index (χ0v) is 28.3. The van der Waals surface area contributed by atoms with Crippen LogP contribution < -0.4 is 39.3 Å². The number of benzene rings is 4. The van der Waals surface area contributed by atoms with Crippen molar-refractivity contribution in [2.45, 2.75) is 19.3 Å². The Kier molecular flexibility index (Phi) is 13.6. The molecule has 2 N–H and O–H groups in total. The molecule has 4 aromatic carbocycles. The highest BCUT2D eigenvalue weighted by molar-refractivity contribution is 5.92. The van der Waals surface area contributed by atoms with E-state index in [1.165, 1.54) is 40.9 Å². The fourth-order valence-corrected chi connectivity index (χ4v) is 4.35. The van der Waals surface area contributed by atoms with Crippen LogP contribution in [0.4, 0.5) is 0 Å². The molecule has 0 radical (unpaired) electrons. The van der Waals surface area contributed by atoms with Crippen molar-refractivity contribution in [1.82, 2.24) is 10.9 Å². The van der Waals surface area contributed by atoms with E-state index in [9.17, 15) is 19.2 Å². The molecule has 0 bridgehead atoms. The summed E-state index contributed by atoms with van der Waals surface area (Å²) in [6.07, 6.45) is 3.16. The summed E-state index contributed by atoms with van der Waals surface area (Å²) in [5.74, 6) is 0.329. The average Bonchev–Trinajstić information content (AvgIpc) is 3.15. The van der Waals surface area contributed by atoms with Crippen LogP contribution in [0.15, 0.2) is 95.1 Å². The first-order chi connectivity index (χ1) is 24.7. The number of rotatable bonds is 16. The zero-order valence-electron chi connectivity index (χ0n) is 28.3. The first-order valence-corrected chi connectivity index (χ1v) is 15.4. The summed E-state index contributed by atoms with van der Waals surface area (Å²) in [5, 5.41) is 7.89. The molecule has 0 saturated heterocycles. The Balaban J connectivity index is 1.18. The Labute approximate surface area is 294 Å². The molecule has 0 atom stereocenters. The van der Waals surface area contributed by atoms with Crippen molar-refractivity contribution < 1.29 is 47.6 Å². The maximum atomic E-state index is 12.5. The van der Waals surface area contributed by atoms with Gasteiger partial charge in [0, 0.05) is 12.8 Å². The number of ether oxygens (including phenoxy) is 6. The summed E-state index contributed by atoms with van der Waals surface area (Å²) in [7, 11) is 5.94. The van der Waals surface area contributed by atoms with E-state index in [4.69, 9.17) is 28.4 Å². The van der Waals surface area contributed by atoms with Gasteiger partial charge in [-0.2, -0.15) is 10.2 Å². The van der Waals surface area contributed by atoms with E-state index < -0.39 is 11.9 Å². The molecule has 0 aromatic heterocycles. The van der Waals surface area contributed by atoms with E-state index in [0.29, 0.717) is 45.3 Å². The van der Waals surface area contributed by atoms with Crippen LogP contribution in [0.3, 0.4) is 0 Å². The largest absolute Gasteiger partial charge is 0.497 e. The van der Waals surface area contributed by atoms with Gasteiger partial charge in [-0.15, -0.1) is 0 Å². The lowest BCUT2D eigenvalue weighted by Gasteiger charge is -2.10. The van der Waals surface area contributed by atoms with Crippen LogP contribution in [-0.2, 0) is 9.59 Å². The van der Waals surface area contributed by atoms with Gasteiger partial charge in [-0.25, -0.2) is 20.4 Å². The third kappa shape index (κ3) is 11.2. The molecular formula is C37H36N4O10. The minimum atomic E-state index is -0.566. The van der Waals surface area contributed by atoms with Gasteiger partial charge in [-0.3, -0.25) is 9.59 Å². The standard InChI is InChI=1S/C37H36N4O10/c1-46-28-14-10-26(11-15-28)36(44)50-30-18-8-24(20-32(30)48-3)22-38-40-34(42)6-5-7-35(43)41-39-23-25-9-19-31(33(21-25)49-4)51-37(45)27-12-16-29(47-2)17-13-27/h8-23H,5-7H2,1-4H3,(H,40,42)(H,41,43).